The number of rotatable bonds is 0. The summed E-state index contributed by atoms with van der Waals surface area (Å²) in [6, 6.07) is 0. The van der Waals surface area contributed by atoms with Gasteiger partial charge in [-0.3, -0.25) is 9.59 Å². The lowest BCUT2D eigenvalue weighted by Crippen LogP contribution is -2.28. The number of carbonyl (C=O) groups is 2. The molecule has 0 atom stereocenters. The minimum Gasteiger partial charge on any atom is -0.298 e. The summed E-state index contributed by atoms with van der Waals surface area (Å²) < 4.78 is -0.337. The fourth-order valence-corrected chi connectivity index (χ4v) is 1.49. The van der Waals surface area contributed by atoms with Gasteiger partial charge in [0.1, 0.15) is 3.92 Å². The summed E-state index contributed by atoms with van der Waals surface area (Å²) in [6.07, 6.45) is 1.95. The number of halogens is 1. The molecular formula is C6H7IO2. The molecule has 0 saturated heterocycles. The Labute approximate surface area is 67.1 Å². The van der Waals surface area contributed by atoms with E-state index in [0.717, 1.165) is 6.42 Å². The highest BCUT2D eigenvalue weighted by molar-refractivity contribution is 14.1. The van der Waals surface area contributed by atoms with Crippen molar-refractivity contribution in [3.8, 4) is 0 Å². The van der Waals surface area contributed by atoms with Crippen molar-refractivity contribution in [3.63, 3.8) is 0 Å². The third-order valence-electron chi connectivity index (χ3n) is 1.41. The van der Waals surface area contributed by atoms with Crippen LogP contribution in [0.2, 0.25) is 0 Å². The molecule has 1 fully saturated rings. The topological polar surface area (TPSA) is 34.1 Å². The lowest BCUT2D eigenvalue weighted by Gasteiger charge is -2.12. The second-order valence-corrected chi connectivity index (χ2v) is 3.39. The highest BCUT2D eigenvalue weighted by Crippen LogP contribution is 2.17. The molecule has 0 amide bonds. The molecule has 1 aliphatic rings. The van der Waals surface area contributed by atoms with Crippen LogP contribution in [0.1, 0.15) is 19.3 Å². The average Bonchev–Trinajstić information content (AvgIpc) is 1.83. The zero-order chi connectivity index (χ0) is 6.85. The predicted molar refractivity (Wildman–Crippen MR) is 41.7 cm³/mol. The van der Waals surface area contributed by atoms with Crippen LogP contribution in [-0.4, -0.2) is 15.5 Å². The Morgan fingerprint density at radius 2 is 1.67 bits per heavy atom. The van der Waals surface area contributed by atoms with Crippen LogP contribution < -0.4 is 0 Å². The van der Waals surface area contributed by atoms with Crippen LogP contribution in [0.3, 0.4) is 0 Å². The van der Waals surface area contributed by atoms with E-state index in [-0.39, 0.29) is 15.5 Å². The highest BCUT2D eigenvalue weighted by atomic mass is 127. The first-order chi connectivity index (χ1) is 4.22. The molecule has 0 radical (unpaired) electrons. The maximum absolute atomic E-state index is 10.8. The molecule has 0 heterocycles. The van der Waals surface area contributed by atoms with Crippen molar-refractivity contribution >= 4 is 34.2 Å². The Hall–Kier alpha value is 0.0700. The molecule has 9 heavy (non-hydrogen) atoms. The summed E-state index contributed by atoms with van der Waals surface area (Å²) in [4.78, 5) is 21.6. The number of hydrogen-bond acceptors (Lipinski definition) is 2. The highest BCUT2D eigenvalue weighted by Gasteiger charge is 2.26. The fourth-order valence-electron chi connectivity index (χ4n) is 0.870. The van der Waals surface area contributed by atoms with E-state index in [0.29, 0.717) is 12.8 Å². The lowest BCUT2D eigenvalue weighted by atomic mass is 9.98. The Balaban J connectivity index is 2.62. The van der Waals surface area contributed by atoms with Gasteiger partial charge in [-0.15, -0.1) is 0 Å². The predicted octanol–water partition coefficient (Wildman–Crippen LogP) is 1.11. The quantitative estimate of drug-likeness (QED) is 0.360. The van der Waals surface area contributed by atoms with Crippen LogP contribution in [0.25, 0.3) is 0 Å². The normalized spacial score (nSPS) is 22.8. The van der Waals surface area contributed by atoms with Gasteiger partial charge < -0.3 is 0 Å². The molecule has 50 valence electrons. The average molecular weight is 238 g/mol. The van der Waals surface area contributed by atoms with Crippen molar-refractivity contribution in [3.05, 3.63) is 0 Å². The smallest absolute Gasteiger partial charge is 0.153 e. The zero-order valence-corrected chi connectivity index (χ0v) is 7.05. The van der Waals surface area contributed by atoms with Crippen molar-refractivity contribution in [2.24, 2.45) is 0 Å². The summed E-state index contributed by atoms with van der Waals surface area (Å²) in [5, 5.41) is 0. The van der Waals surface area contributed by atoms with Crippen LogP contribution in [0.5, 0.6) is 0 Å². The van der Waals surface area contributed by atoms with Crippen molar-refractivity contribution in [2.45, 2.75) is 23.2 Å². The molecule has 1 rings (SSSR count). The molecule has 0 N–H and O–H groups in total. The van der Waals surface area contributed by atoms with Gasteiger partial charge in [-0.25, -0.2) is 0 Å². The van der Waals surface area contributed by atoms with Crippen LogP contribution in [0, 0.1) is 0 Å². The van der Waals surface area contributed by atoms with Crippen LogP contribution >= 0.6 is 22.6 Å². The molecule has 2 nitrogen and oxygen atoms in total. The molecular weight excluding hydrogens is 231 g/mol. The maximum Gasteiger partial charge on any atom is 0.153 e. The van der Waals surface area contributed by atoms with Crippen LogP contribution in [-0.2, 0) is 9.59 Å². The first kappa shape index (κ1) is 7.18. The van der Waals surface area contributed by atoms with Crippen molar-refractivity contribution in [2.75, 3.05) is 0 Å². The van der Waals surface area contributed by atoms with Crippen molar-refractivity contribution in [1.29, 1.82) is 0 Å². The third kappa shape index (κ3) is 1.50. The molecule has 0 bridgehead atoms. The Morgan fingerprint density at radius 3 is 2.00 bits per heavy atom. The SMILES string of the molecule is O=C1CCCC(=O)C1I. The van der Waals surface area contributed by atoms with E-state index in [9.17, 15) is 9.59 Å². The van der Waals surface area contributed by atoms with Crippen molar-refractivity contribution in [1.82, 2.24) is 0 Å². The van der Waals surface area contributed by atoms with Gasteiger partial charge >= 0.3 is 0 Å². The van der Waals surface area contributed by atoms with Gasteiger partial charge in [-0.2, -0.15) is 0 Å². The summed E-state index contributed by atoms with van der Waals surface area (Å²) in [5.74, 6) is 0.207. The zero-order valence-electron chi connectivity index (χ0n) is 4.89. The number of alkyl halides is 1. The minimum atomic E-state index is -0.337. The van der Waals surface area contributed by atoms with Gasteiger partial charge in [0.2, 0.25) is 0 Å². The molecule has 1 saturated carbocycles. The van der Waals surface area contributed by atoms with E-state index >= 15 is 0 Å². The van der Waals surface area contributed by atoms with E-state index in [1.54, 1.807) is 0 Å². The van der Waals surface area contributed by atoms with Gasteiger partial charge in [0, 0.05) is 12.8 Å². The molecule has 0 spiro atoms. The molecule has 0 aromatic heterocycles. The third-order valence-corrected chi connectivity index (χ3v) is 2.80. The summed E-state index contributed by atoms with van der Waals surface area (Å²) >= 11 is 1.91. The molecule has 1 aliphatic carbocycles. The first-order valence-electron chi connectivity index (χ1n) is 2.91. The van der Waals surface area contributed by atoms with E-state index in [2.05, 4.69) is 0 Å². The molecule has 3 heteroatoms. The lowest BCUT2D eigenvalue weighted by molar-refractivity contribution is -0.128. The Kier molecular flexibility index (Phi) is 2.21. The van der Waals surface area contributed by atoms with Gasteiger partial charge in [-0.05, 0) is 6.42 Å². The molecule has 0 aliphatic heterocycles. The van der Waals surface area contributed by atoms with E-state index in [4.69, 9.17) is 0 Å². The summed E-state index contributed by atoms with van der Waals surface area (Å²) in [6.45, 7) is 0. The number of carbonyl (C=O) groups excluding carboxylic acids is 2. The molecule has 0 unspecified atom stereocenters. The number of hydrogen-bond donors (Lipinski definition) is 0. The Morgan fingerprint density at radius 1 is 1.22 bits per heavy atom. The summed E-state index contributed by atoms with van der Waals surface area (Å²) in [5.41, 5.74) is 0. The largest absolute Gasteiger partial charge is 0.298 e. The van der Waals surface area contributed by atoms with E-state index in [1.807, 2.05) is 22.6 Å². The monoisotopic (exact) mass is 238 g/mol. The molecule has 0 aromatic carbocycles. The Bertz CT molecular complexity index is 137. The molecule has 0 aromatic rings. The van der Waals surface area contributed by atoms with Gasteiger partial charge in [-0.1, -0.05) is 22.6 Å². The second-order valence-electron chi connectivity index (χ2n) is 2.15. The van der Waals surface area contributed by atoms with Crippen LogP contribution in [0.15, 0.2) is 0 Å². The second kappa shape index (κ2) is 2.77. The number of Topliss-reactive ketones (excluding diaryl/α,β-unsaturated/α-hetero) is 2. The maximum atomic E-state index is 10.8. The van der Waals surface area contributed by atoms with Gasteiger partial charge in [0.15, 0.2) is 11.6 Å². The summed E-state index contributed by atoms with van der Waals surface area (Å²) in [7, 11) is 0. The number of ketones is 2. The van der Waals surface area contributed by atoms with E-state index in [1.165, 1.54) is 0 Å². The first-order valence-corrected chi connectivity index (χ1v) is 4.16. The van der Waals surface area contributed by atoms with Crippen LogP contribution in [0.4, 0.5) is 0 Å². The van der Waals surface area contributed by atoms with Crippen molar-refractivity contribution < 1.29 is 9.59 Å². The van der Waals surface area contributed by atoms with E-state index < -0.39 is 0 Å². The fraction of sp³-hybridized carbons (Fsp3) is 0.667. The standard InChI is InChI=1S/C6H7IO2/c7-6-4(8)2-1-3-5(6)9/h6H,1-3H2. The van der Waals surface area contributed by atoms with Gasteiger partial charge in [0.05, 0.1) is 0 Å². The van der Waals surface area contributed by atoms with Gasteiger partial charge in [0.25, 0.3) is 0 Å². The minimum absolute atomic E-state index is 0.104.